The number of aliphatic carboxylic acids is 1. The van der Waals surface area contributed by atoms with Gasteiger partial charge in [0.05, 0.1) is 6.61 Å². The molecule has 1 aliphatic heterocycles. The number of ether oxygens (including phenoxy) is 1. The number of carboxylic acids is 1. The molecule has 2 aliphatic rings. The molecular weight excluding hydrogens is 294 g/mol. The Hall–Kier alpha value is -1.88. The molecule has 1 saturated carbocycles. The van der Waals surface area contributed by atoms with E-state index in [9.17, 15) is 14.7 Å². The second-order valence-corrected chi connectivity index (χ2v) is 6.60. The van der Waals surface area contributed by atoms with E-state index < -0.39 is 11.5 Å². The number of carboxylic acid groups (broad SMARTS) is 1. The second-order valence-electron chi connectivity index (χ2n) is 6.60. The minimum Gasteiger partial charge on any atom is -0.479 e. The Labute approximate surface area is 136 Å². The topological polar surface area (TPSA) is 75.6 Å². The molecule has 2 fully saturated rings. The predicted octanol–water partition coefficient (Wildman–Crippen LogP) is 2.71. The van der Waals surface area contributed by atoms with Crippen molar-refractivity contribution < 1.29 is 19.4 Å². The molecule has 23 heavy (non-hydrogen) atoms. The molecule has 1 aromatic rings. The lowest BCUT2D eigenvalue weighted by molar-refractivity contribution is -0.144. The molecule has 1 atom stereocenters. The maximum Gasteiger partial charge on any atom is 0.331 e. The first-order chi connectivity index (χ1) is 11.1. The molecule has 1 aliphatic carbocycles. The molecule has 1 saturated heterocycles. The van der Waals surface area contributed by atoms with Gasteiger partial charge in [-0.25, -0.2) is 4.79 Å². The first-order valence-corrected chi connectivity index (χ1v) is 8.34. The first kappa shape index (κ1) is 16.0. The van der Waals surface area contributed by atoms with Crippen LogP contribution in [0.1, 0.15) is 60.4 Å². The van der Waals surface area contributed by atoms with Gasteiger partial charge in [0.25, 0.3) is 5.91 Å². The Morgan fingerprint density at radius 1 is 1.13 bits per heavy atom. The highest BCUT2D eigenvalue weighted by Gasteiger charge is 2.44. The van der Waals surface area contributed by atoms with Crippen molar-refractivity contribution in [2.45, 2.75) is 50.0 Å². The highest BCUT2D eigenvalue weighted by atomic mass is 16.5. The molecule has 3 rings (SSSR count). The molecule has 1 unspecified atom stereocenters. The Morgan fingerprint density at radius 3 is 2.39 bits per heavy atom. The third kappa shape index (κ3) is 3.39. The molecule has 0 radical (unpaired) electrons. The van der Waals surface area contributed by atoms with Crippen LogP contribution in [0.3, 0.4) is 0 Å². The third-order valence-electron chi connectivity index (χ3n) is 5.03. The number of rotatable bonds is 4. The van der Waals surface area contributed by atoms with Gasteiger partial charge in [0.1, 0.15) is 0 Å². The summed E-state index contributed by atoms with van der Waals surface area (Å²) in [6.45, 7) is 0.376. The fraction of sp³-hybridized carbons (Fsp3) is 0.556. The lowest BCUT2D eigenvalue weighted by Gasteiger charge is -2.24. The van der Waals surface area contributed by atoms with Gasteiger partial charge in [0.2, 0.25) is 0 Å². The zero-order valence-electron chi connectivity index (χ0n) is 13.2. The van der Waals surface area contributed by atoms with Crippen LogP contribution in [0.25, 0.3) is 0 Å². The second kappa shape index (κ2) is 6.71. The van der Waals surface area contributed by atoms with Crippen molar-refractivity contribution >= 4 is 11.9 Å². The Morgan fingerprint density at radius 2 is 1.83 bits per heavy atom. The van der Waals surface area contributed by atoms with E-state index in [0.717, 1.165) is 0 Å². The molecule has 5 nitrogen and oxygen atoms in total. The van der Waals surface area contributed by atoms with Crippen LogP contribution in [-0.4, -0.2) is 35.7 Å². The Bertz CT molecular complexity index is 569. The monoisotopic (exact) mass is 317 g/mol. The summed E-state index contributed by atoms with van der Waals surface area (Å²) < 4.78 is 5.16. The molecule has 2 N–H and O–H groups in total. The van der Waals surface area contributed by atoms with E-state index >= 15 is 0 Å². The summed E-state index contributed by atoms with van der Waals surface area (Å²) in [5.41, 5.74) is 0.481. The van der Waals surface area contributed by atoms with Gasteiger partial charge in [0, 0.05) is 18.6 Å². The predicted molar refractivity (Wildman–Crippen MR) is 85.5 cm³/mol. The van der Waals surface area contributed by atoms with E-state index in [1.807, 2.05) is 12.1 Å². The van der Waals surface area contributed by atoms with Crippen LogP contribution >= 0.6 is 0 Å². The van der Waals surface area contributed by atoms with Crippen molar-refractivity contribution in [3.63, 3.8) is 0 Å². The molecule has 1 heterocycles. The molecule has 5 heteroatoms. The van der Waals surface area contributed by atoms with Gasteiger partial charge in [-0.15, -0.1) is 0 Å². The van der Waals surface area contributed by atoms with Crippen molar-refractivity contribution in [1.29, 1.82) is 0 Å². The summed E-state index contributed by atoms with van der Waals surface area (Å²) >= 11 is 0. The summed E-state index contributed by atoms with van der Waals surface area (Å²) in [5, 5.41) is 12.0. The van der Waals surface area contributed by atoms with E-state index in [1.54, 1.807) is 12.1 Å². The first-order valence-electron chi connectivity index (χ1n) is 8.34. The van der Waals surface area contributed by atoms with Crippen LogP contribution in [-0.2, 0) is 9.53 Å². The SMILES string of the molecule is O=C(NC1(C(=O)O)CCOC1)c1ccc(C2CCCCC2)cc1. The Balaban J connectivity index is 1.69. The Kier molecular flexibility index (Phi) is 4.66. The van der Waals surface area contributed by atoms with Gasteiger partial charge in [-0.3, -0.25) is 4.79 Å². The van der Waals surface area contributed by atoms with E-state index in [4.69, 9.17) is 4.74 Å². The van der Waals surface area contributed by atoms with Crippen LogP contribution < -0.4 is 5.32 Å². The third-order valence-corrected chi connectivity index (χ3v) is 5.03. The summed E-state index contributed by atoms with van der Waals surface area (Å²) in [5.74, 6) is -0.801. The molecule has 0 bridgehead atoms. The molecule has 124 valence electrons. The quantitative estimate of drug-likeness (QED) is 0.895. The van der Waals surface area contributed by atoms with Gasteiger partial charge in [-0.1, -0.05) is 31.4 Å². The van der Waals surface area contributed by atoms with Crippen molar-refractivity contribution in [3.05, 3.63) is 35.4 Å². The lowest BCUT2D eigenvalue weighted by atomic mass is 9.84. The fourth-order valence-electron chi connectivity index (χ4n) is 3.52. The standard InChI is InChI=1S/C18H23NO4/c20-16(19-18(17(21)22)10-11-23-12-18)15-8-6-14(7-9-15)13-4-2-1-3-5-13/h6-9,13H,1-5,10-12H2,(H,19,20)(H,21,22). The van der Waals surface area contributed by atoms with Gasteiger partial charge in [0.15, 0.2) is 5.54 Å². The number of carbonyl (C=O) groups is 2. The van der Waals surface area contributed by atoms with Gasteiger partial charge < -0.3 is 15.2 Å². The molecule has 0 aromatic heterocycles. The number of nitrogens with one attached hydrogen (secondary N) is 1. The average Bonchev–Trinajstić information content (AvgIpc) is 3.06. The van der Waals surface area contributed by atoms with Crippen LogP contribution in [0.15, 0.2) is 24.3 Å². The van der Waals surface area contributed by atoms with Crippen molar-refractivity contribution in [3.8, 4) is 0 Å². The minimum atomic E-state index is -1.29. The number of benzene rings is 1. The van der Waals surface area contributed by atoms with Crippen LogP contribution in [0, 0.1) is 0 Å². The maximum atomic E-state index is 12.4. The smallest absolute Gasteiger partial charge is 0.331 e. The maximum absolute atomic E-state index is 12.4. The average molecular weight is 317 g/mol. The summed E-state index contributed by atoms with van der Waals surface area (Å²) in [7, 11) is 0. The number of amides is 1. The molecule has 1 amide bonds. The van der Waals surface area contributed by atoms with E-state index in [0.29, 0.717) is 24.5 Å². The zero-order valence-corrected chi connectivity index (χ0v) is 13.2. The van der Waals surface area contributed by atoms with Crippen LogP contribution in [0.4, 0.5) is 0 Å². The summed E-state index contributed by atoms with van der Waals surface area (Å²) in [6, 6.07) is 7.60. The van der Waals surface area contributed by atoms with Crippen molar-refractivity contribution in [2.24, 2.45) is 0 Å². The van der Waals surface area contributed by atoms with Crippen molar-refractivity contribution in [2.75, 3.05) is 13.2 Å². The van der Waals surface area contributed by atoms with Gasteiger partial charge >= 0.3 is 5.97 Å². The number of carbonyl (C=O) groups excluding carboxylic acids is 1. The van der Waals surface area contributed by atoms with Crippen molar-refractivity contribution in [1.82, 2.24) is 5.32 Å². The summed E-state index contributed by atoms with van der Waals surface area (Å²) in [4.78, 5) is 23.8. The normalized spacial score (nSPS) is 25.2. The highest BCUT2D eigenvalue weighted by molar-refractivity contribution is 5.98. The molecule has 1 aromatic carbocycles. The molecule has 0 spiro atoms. The van der Waals surface area contributed by atoms with E-state index in [1.165, 1.54) is 37.7 Å². The van der Waals surface area contributed by atoms with E-state index in [2.05, 4.69) is 5.32 Å². The highest BCUT2D eigenvalue weighted by Crippen LogP contribution is 2.32. The zero-order chi connectivity index (χ0) is 16.3. The van der Waals surface area contributed by atoms with Crippen LogP contribution in [0.2, 0.25) is 0 Å². The van der Waals surface area contributed by atoms with E-state index in [-0.39, 0.29) is 12.5 Å². The minimum absolute atomic E-state index is 0.0221. The number of hydrogen-bond donors (Lipinski definition) is 2. The summed E-state index contributed by atoms with van der Waals surface area (Å²) in [6.07, 6.45) is 6.59. The number of hydrogen-bond acceptors (Lipinski definition) is 3. The molecular formula is C18H23NO4. The van der Waals surface area contributed by atoms with Gasteiger partial charge in [-0.05, 0) is 36.5 Å². The largest absolute Gasteiger partial charge is 0.479 e. The van der Waals surface area contributed by atoms with Crippen LogP contribution in [0.5, 0.6) is 0 Å². The van der Waals surface area contributed by atoms with Gasteiger partial charge in [-0.2, -0.15) is 0 Å². The fourth-order valence-corrected chi connectivity index (χ4v) is 3.52. The lowest BCUT2D eigenvalue weighted by Crippen LogP contribution is -2.55.